The van der Waals surface area contributed by atoms with Gasteiger partial charge in [0.15, 0.2) is 0 Å². The summed E-state index contributed by atoms with van der Waals surface area (Å²) in [5.74, 6) is 0.611. The summed E-state index contributed by atoms with van der Waals surface area (Å²) in [5.41, 5.74) is 3.10. The second kappa shape index (κ2) is 8.71. The SMILES string of the molecule is CC(C)c1ccc(CC(=O)N2CCN(C(=O)Nc3ccccc3)CC2)cc1. The van der Waals surface area contributed by atoms with Crippen LogP contribution in [0.5, 0.6) is 0 Å². The Labute approximate surface area is 161 Å². The fraction of sp³-hybridized carbons (Fsp3) is 0.364. The van der Waals surface area contributed by atoms with E-state index >= 15 is 0 Å². The van der Waals surface area contributed by atoms with Gasteiger partial charge in [-0.25, -0.2) is 4.79 Å². The molecule has 1 aliphatic heterocycles. The third-order valence-electron chi connectivity index (χ3n) is 4.95. The summed E-state index contributed by atoms with van der Waals surface area (Å²) in [6, 6.07) is 17.6. The molecule has 1 N–H and O–H groups in total. The Balaban J connectivity index is 1.48. The Hall–Kier alpha value is -2.82. The molecular weight excluding hydrogens is 338 g/mol. The van der Waals surface area contributed by atoms with Crippen molar-refractivity contribution in [2.24, 2.45) is 0 Å². The zero-order chi connectivity index (χ0) is 19.2. The van der Waals surface area contributed by atoms with Gasteiger partial charge in [0.05, 0.1) is 6.42 Å². The zero-order valence-corrected chi connectivity index (χ0v) is 16.0. The lowest BCUT2D eigenvalue weighted by Gasteiger charge is -2.34. The number of anilines is 1. The monoisotopic (exact) mass is 365 g/mol. The minimum Gasteiger partial charge on any atom is -0.339 e. The molecule has 0 spiro atoms. The average molecular weight is 365 g/mol. The number of carbonyl (C=O) groups excluding carboxylic acids is 2. The predicted molar refractivity (Wildman–Crippen MR) is 108 cm³/mol. The summed E-state index contributed by atoms with van der Waals surface area (Å²) >= 11 is 0. The van der Waals surface area contributed by atoms with Crippen LogP contribution in [0, 0.1) is 0 Å². The molecule has 0 atom stereocenters. The summed E-state index contributed by atoms with van der Waals surface area (Å²) < 4.78 is 0. The van der Waals surface area contributed by atoms with Crippen LogP contribution in [0.2, 0.25) is 0 Å². The van der Waals surface area contributed by atoms with Gasteiger partial charge in [-0.15, -0.1) is 0 Å². The molecule has 1 aliphatic rings. The first-order chi connectivity index (χ1) is 13.0. The molecule has 0 unspecified atom stereocenters. The van der Waals surface area contributed by atoms with Gasteiger partial charge in [0.2, 0.25) is 5.91 Å². The fourth-order valence-corrected chi connectivity index (χ4v) is 3.19. The van der Waals surface area contributed by atoms with Crippen molar-refractivity contribution in [3.05, 3.63) is 65.7 Å². The van der Waals surface area contributed by atoms with Crippen molar-refractivity contribution < 1.29 is 9.59 Å². The second-order valence-electron chi connectivity index (χ2n) is 7.24. The van der Waals surface area contributed by atoms with Gasteiger partial charge >= 0.3 is 6.03 Å². The van der Waals surface area contributed by atoms with E-state index in [1.807, 2.05) is 47.4 Å². The molecular formula is C22H27N3O2. The highest BCUT2D eigenvalue weighted by atomic mass is 16.2. The molecule has 0 radical (unpaired) electrons. The van der Waals surface area contributed by atoms with Crippen LogP contribution in [0.15, 0.2) is 54.6 Å². The molecule has 0 aliphatic carbocycles. The molecule has 0 aromatic heterocycles. The van der Waals surface area contributed by atoms with Crippen LogP contribution < -0.4 is 5.32 Å². The minimum atomic E-state index is -0.113. The molecule has 1 fully saturated rings. The van der Waals surface area contributed by atoms with Crippen molar-refractivity contribution in [1.29, 1.82) is 0 Å². The molecule has 2 aromatic carbocycles. The number of amides is 3. The lowest BCUT2D eigenvalue weighted by Crippen LogP contribution is -2.52. The average Bonchev–Trinajstić information content (AvgIpc) is 2.69. The highest BCUT2D eigenvalue weighted by Gasteiger charge is 2.24. The first kappa shape index (κ1) is 19.0. The Morgan fingerprint density at radius 2 is 1.48 bits per heavy atom. The summed E-state index contributed by atoms with van der Waals surface area (Å²) in [5, 5.41) is 2.89. The molecule has 5 nitrogen and oxygen atoms in total. The van der Waals surface area contributed by atoms with E-state index in [1.54, 1.807) is 4.90 Å². The van der Waals surface area contributed by atoms with Crippen molar-refractivity contribution in [3.63, 3.8) is 0 Å². The maximum Gasteiger partial charge on any atom is 0.321 e. The van der Waals surface area contributed by atoms with Crippen LogP contribution >= 0.6 is 0 Å². The van der Waals surface area contributed by atoms with Crippen LogP contribution in [-0.2, 0) is 11.2 Å². The molecule has 0 bridgehead atoms. The van der Waals surface area contributed by atoms with E-state index < -0.39 is 0 Å². The Morgan fingerprint density at radius 3 is 2.07 bits per heavy atom. The van der Waals surface area contributed by atoms with Gasteiger partial charge in [-0.2, -0.15) is 0 Å². The fourth-order valence-electron chi connectivity index (χ4n) is 3.19. The molecule has 3 amide bonds. The van der Waals surface area contributed by atoms with Gasteiger partial charge in [-0.3, -0.25) is 4.79 Å². The summed E-state index contributed by atoms with van der Waals surface area (Å²) in [7, 11) is 0. The zero-order valence-electron chi connectivity index (χ0n) is 16.0. The smallest absolute Gasteiger partial charge is 0.321 e. The molecule has 0 saturated carbocycles. The van der Waals surface area contributed by atoms with Crippen LogP contribution in [-0.4, -0.2) is 47.9 Å². The lowest BCUT2D eigenvalue weighted by atomic mass is 10.0. The van der Waals surface area contributed by atoms with Gasteiger partial charge in [0.1, 0.15) is 0 Å². The summed E-state index contributed by atoms with van der Waals surface area (Å²) in [4.78, 5) is 28.5. The van der Waals surface area contributed by atoms with E-state index in [1.165, 1.54) is 5.56 Å². The van der Waals surface area contributed by atoms with Crippen molar-refractivity contribution in [1.82, 2.24) is 9.80 Å². The number of hydrogen-bond acceptors (Lipinski definition) is 2. The largest absolute Gasteiger partial charge is 0.339 e. The normalized spacial score (nSPS) is 14.3. The number of nitrogens with zero attached hydrogens (tertiary/aromatic N) is 2. The van der Waals surface area contributed by atoms with E-state index in [9.17, 15) is 9.59 Å². The molecule has 142 valence electrons. The second-order valence-corrected chi connectivity index (χ2v) is 7.24. The maximum absolute atomic E-state index is 12.6. The number of rotatable bonds is 4. The van der Waals surface area contributed by atoms with Gasteiger partial charge in [-0.1, -0.05) is 56.3 Å². The van der Waals surface area contributed by atoms with Crippen LogP contribution in [0.25, 0.3) is 0 Å². The van der Waals surface area contributed by atoms with Crippen molar-refractivity contribution in [2.75, 3.05) is 31.5 Å². The molecule has 3 rings (SSSR count). The molecule has 27 heavy (non-hydrogen) atoms. The van der Waals surface area contributed by atoms with Crippen LogP contribution in [0.1, 0.15) is 30.9 Å². The first-order valence-electron chi connectivity index (χ1n) is 9.50. The third-order valence-corrected chi connectivity index (χ3v) is 4.95. The number of hydrogen-bond donors (Lipinski definition) is 1. The van der Waals surface area contributed by atoms with E-state index in [4.69, 9.17) is 0 Å². The predicted octanol–water partition coefficient (Wildman–Crippen LogP) is 3.73. The van der Waals surface area contributed by atoms with Crippen molar-refractivity contribution >= 4 is 17.6 Å². The summed E-state index contributed by atoms with van der Waals surface area (Å²) in [6.07, 6.45) is 0.411. The van der Waals surface area contributed by atoms with Crippen LogP contribution in [0.4, 0.5) is 10.5 Å². The van der Waals surface area contributed by atoms with E-state index in [2.05, 4.69) is 31.3 Å². The van der Waals surface area contributed by atoms with Gasteiger partial charge in [0, 0.05) is 31.9 Å². The number of urea groups is 1. The van der Waals surface area contributed by atoms with Gasteiger partial charge < -0.3 is 15.1 Å². The number of para-hydroxylation sites is 1. The van der Waals surface area contributed by atoms with E-state index in [-0.39, 0.29) is 11.9 Å². The molecule has 1 saturated heterocycles. The van der Waals surface area contributed by atoms with Crippen molar-refractivity contribution in [2.45, 2.75) is 26.2 Å². The lowest BCUT2D eigenvalue weighted by molar-refractivity contribution is -0.131. The standard InChI is InChI=1S/C22H27N3O2/c1-17(2)19-10-8-18(9-11-19)16-21(26)24-12-14-25(15-13-24)22(27)23-20-6-4-3-5-7-20/h3-11,17H,12-16H2,1-2H3,(H,23,27). The van der Waals surface area contributed by atoms with Crippen LogP contribution in [0.3, 0.4) is 0 Å². The van der Waals surface area contributed by atoms with Crippen molar-refractivity contribution in [3.8, 4) is 0 Å². The number of nitrogens with one attached hydrogen (secondary N) is 1. The highest BCUT2D eigenvalue weighted by Crippen LogP contribution is 2.16. The molecule has 1 heterocycles. The number of benzene rings is 2. The minimum absolute atomic E-state index is 0.113. The maximum atomic E-state index is 12.6. The Kier molecular flexibility index (Phi) is 6.12. The van der Waals surface area contributed by atoms with Gasteiger partial charge in [0.25, 0.3) is 0 Å². The van der Waals surface area contributed by atoms with Gasteiger partial charge in [-0.05, 0) is 29.2 Å². The Morgan fingerprint density at radius 1 is 0.889 bits per heavy atom. The quantitative estimate of drug-likeness (QED) is 0.898. The Bertz CT molecular complexity index is 764. The molecule has 2 aromatic rings. The molecule has 5 heteroatoms. The highest BCUT2D eigenvalue weighted by molar-refractivity contribution is 5.89. The van der Waals surface area contributed by atoms with E-state index in [0.717, 1.165) is 11.3 Å². The number of carbonyl (C=O) groups is 2. The number of piperazine rings is 1. The summed E-state index contributed by atoms with van der Waals surface area (Å²) in [6.45, 7) is 6.57. The third kappa shape index (κ3) is 5.09. The topological polar surface area (TPSA) is 52.7 Å². The first-order valence-corrected chi connectivity index (χ1v) is 9.50. The van der Waals surface area contributed by atoms with E-state index in [0.29, 0.717) is 38.5 Å².